The van der Waals surface area contributed by atoms with Crippen LogP contribution in [0.25, 0.3) is 0 Å². The number of aromatic nitrogens is 2. The average Bonchev–Trinajstić information content (AvgIpc) is 2.61. The van der Waals surface area contributed by atoms with Crippen LogP contribution in [0.1, 0.15) is 24.4 Å². The van der Waals surface area contributed by atoms with Crippen LogP contribution in [0.5, 0.6) is 0 Å². The summed E-state index contributed by atoms with van der Waals surface area (Å²) in [5.74, 6) is 0. The summed E-state index contributed by atoms with van der Waals surface area (Å²) in [6, 6.07) is 0.371. The maximum atomic E-state index is 5.15. The van der Waals surface area contributed by atoms with E-state index < -0.39 is 0 Å². The molecular weight excluding hydrogens is 178 g/mol. The zero-order chi connectivity index (χ0) is 9.97. The molecule has 1 aliphatic rings. The number of hydrogen-bond acceptors (Lipinski definition) is 3. The van der Waals surface area contributed by atoms with E-state index in [2.05, 4.69) is 21.8 Å². The lowest BCUT2D eigenvalue weighted by Crippen LogP contribution is -2.26. The molecule has 0 amide bonds. The average molecular weight is 195 g/mol. The number of methoxy groups -OCH3 is 1. The Bertz CT molecular complexity index is 308. The van der Waals surface area contributed by atoms with Crippen LogP contribution >= 0.6 is 0 Å². The van der Waals surface area contributed by atoms with Gasteiger partial charge < -0.3 is 14.6 Å². The quantitative estimate of drug-likeness (QED) is 0.773. The van der Waals surface area contributed by atoms with Gasteiger partial charge >= 0.3 is 0 Å². The number of rotatable bonds is 3. The lowest BCUT2D eigenvalue weighted by atomic mass is 10.2. The number of imidazole rings is 1. The van der Waals surface area contributed by atoms with Gasteiger partial charge in [0.1, 0.15) is 0 Å². The van der Waals surface area contributed by atoms with E-state index in [1.54, 1.807) is 7.11 Å². The van der Waals surface area contributed by atoms with Gasteiger partial charge in [-0.1, -0.05) is 0 Å². The number of hydrogen-bond donors (Lipinski definition) is 1. The van der Waals surface area contributed by atoms with Gasteiger partial charge in [0, 0.05) is 26.6 Å². The minimum absolute atomic E-state index is 0.371. The van der Waals surface area contributed by atoms with Crippen molar-refractivity contribution < 1.29 is 4.74 Å². The van der Waals surface area contributed by atoms with E-state index in [1.165, 1.54) is 11.4 Å². The van der Waals surface area contributed by atoms with E-state index in [9.17, 15) is 0 Å². The molecule has 1 unspecified atom stereocenters. The molecule has 1 aromatic rings. The van der Waals surface area contributed by atoms with Gasteiger partial charge in [-0.15, -0.1) is 0 Å². The van der Waals surface area contributed by atoms with Crippen molar-refractivity contribution in [1.82, 2.24) is 14.9 Å². The Morgan fingerprint density at radius 1 is 1.71 bits per heavy atom. The molecule has 1 N–H and O–H groups in total. The molecule has 1 aliphatic heterocycles. The first-order chi connectivity index (χ1) is 6.83. The topological polar surface area (TPSA) is 39.1 Å². The second-order valence-corrected chi connectivity index (χ2v) is 3.78. The molecule has 0 bridgehead atoms. The van der Waals surface area contributed by atoms with Crippen LogP contribution in [0.3, 0.4) is 0 Å². The van der Waals surface area contributed by atoms with Crippen LogP contribution in [0.15, 0.2) is 6.33 Å². The maximum absolute atomic E-state index is 5.15. The van der Waals surface area contributed by atoms with Crippen LogP contribution in [0.2, 0.25) is 0 Å². The van der Waals surface area contributed by atoms with Crippen LogP contribution in [0.4, 0.5) is 0 Å². The Kier molecular flexibility index (Phi) is 2.84. The van der Waals surface area contributed by atoms with E-state index >= 15 is 0 Å². The molecular formula is C10H17N3O. The summed E-state index contributed by atoms with van der Waals surface area (Å²) in [5, 5.41) is 3.36. The van der Waals surface area contributed by atoms with Crippen LogP contribution in [-0.2, 0) is 17.7 Å². The fraction of sp³-hybridized carbons (Fsp3) is 0.700. The van der Waals surface area contributed by atoms with Crippen molar-refractivity contribution in [2.24, 2.45) is 0 Å². The lowest BCUT2D eigenvalue weighted by molar-refractivity contribution is 0.160. The Morgan fingerprint density at radius 2 is 2.57 bits per heavy atom. The van der Waals surface area contributed by atoms with Gasteiger partial charge in [0.2, 0.25) is 0 Å². The molecule has 0 saturated carbocycles. The molecule has 0 aliphatic carbocycles. The fourth-order valence-electron chi connectivity index (χ4n) is 1.94. The highest BCUT2D eigenvalue weighted by Gasteiger charge is 2.17. The Balaban J connectivity index is 2.21. The van der Waals surface area contributed by atoms with Crippen LogP contribution in [0, 0.1) is 0 Å². The minimum atomic E-state index is 0.371. The molecule has 0 radical (unpaired) electrons. The molecule has 14 heavy (non-hydrogen) atoms. The first kappa shape index (κ1) is 9.68. The van der Waals surface area contributed by atoms with E-state index in [4.69, 9.17) is 4.74 Å². The SMILES string of the molecule is COCC(C)n1cnc2c1CNCC2. The molecule has 0 aromatic carbocycles. The third-order valence-corrected chi connectivity index (χ3v) is 2.70. The van der Waals surface area contributed by atoms with Gasteiger partial charge in [-0.2, -0.15) is 0 Å². The van der Waals surface area contributed by atoms with E-state index in [0.29, 0.717) is 6.04 Å². The van der Waals surface area contributed by atoms with E-state index in [1.807, 2.05) is 6.33 Å². The lowest BCUT2D eigenvalue weighted by Gasteiger charge is -2.19. The summed E-state index contributed by atoms with van der Waals surface area (Å²) in [6.07, 6.45) is 2.98. The van der Waals surface area contributed by atoms with E-state index in [0.717, 1.165) is 26.1 Å². The highest BCUT2D eigenvalue weighted by Crippen LogP contribution is 2.17. The molecule has 0 fully saturated rings. The van der Waals surface area contributed by atoms with Crippen molar-refractivity contribution in [2.45, 2.75) is 25.9 Å². The largest absolute Gasteiger partial charge is 0.383 e. The maximum Gasteiger partial charge on any atom is 0.0955 e. The smallest absolute Gasteiger partial charge is 0.0955 e. The zero-order valence-corrected chi connectivity index (χ0v) is 8.79. The predicted molar refractivity (Wildman–Crippen MR) is 54.2 cm³/mol. The second kappa shape index (κ2) is 4.11. The normalized spacial score (nSPS) is 17.9. The van der Waals surface area contributed by atoms with E-state index in [-0.39, 0.29) is 0 Å². The van der Waals surface area contributed by atoms with Crippen LogP contribution in [-0.4, -0.2) is 29.8 Å². The standard InChI is InChI=1S/C10H17N3O/c1-8(6-14-2)13-7-12-9-3-4-11-5-10(9)13/h7-8,11H,3-6H2,1-2H3. The molecule has 78 valence electrons. The predicted octanol–water partition coefficient (Wildman–Crippen LogP) is 0.736. The second-order valence-electron chi connectivity index (χ2n) is 3.78. The zero-order valence-electron chi connectivity index (χ0n) is 8.79. The molecule has 0 saturated heterocycles. The Labute approximate surface area is 84.3 Å². The van der Waals surface area contributed by atoms with Crippen molar-refractivity contribution >= 4 is 0 Å². The summed E-state index contributed by atoms with van der Waals surface area (Å²) < 4.78 is 7.36. The van der Waals surface area contributed by atoms with Crippen molar-refractivity contribution in [3.8, 4) is 0 Å². The Morgan fingerprint density at radius 3 is 3.36 bits per heavy atom. The minimum Gasteiger partial charge on any atom is -0.383 e. The van der Waals surface area contributed by atoms with Gasteiger partial charge in [-0.05, 0) is 6.92 Å². The monoisotopic (exact) mass is 195 g/mol. The van der Waals surface area contributed by atoms with Gasteiger partial charge in [0.25, 0.3) is 0 Å². The van der Waals surface area contributed by atoms with Crippen molar-refractivity contribution in [3.05, 3.63) is 17.7 Å². The summed E-state index contributed by atoms with van der Waals surface area (Å²) in [6.45, 7) is 4.87. The number of ether oxygens (including phenoxy) is 1. The Hall–Kier alpha value is -0.870. The summed E-state index contributed by atoms with van der Waals surface area (Å²) in [7, 11) is 1.73. The summed E-state index contributed by atoms with van der Waals surface area (Å²) >= 11 is 0. The molecule has 0 spiro atoms. The first-order valence-electron chi connectivity index (χ1n) is 5.07. The molecule has 1 atom stereocenters. The van der Waals surface area contributed by atoms with Gasteiger partial charge in [-0.25, -0.2) is 4.98 Å². The molecule has 4 nitrogen and oxygen atoms in total. The van der Waals surface area contributed by atoms with Gasteiger partial charge in [-0.3, -0.25) is 0 Å². The first-order valence-corrected chi connectivity index (χ1v) is 5.07. The number of nitrogens with one attached hydrogen (secondary N) is 1. The summed E-state index contributed by atoms with van der Waals surface area (Å²) in [4.78, 5) is 4.43. The fourth-order valence-corrected chi connectivity index (χ4v) is 1.94. The highest BCUT2D eigenvalue weighted by atomic mass is 16.5. The van der Waals surface area contributed by atoms with Crippen molar-refractivity contribution in [3.63, 3.8) is 0 Å². The molecule has 1 aromatic heterocycles. The molecule has 4 heteroatoms. The third-order valence-electron chi connectivity index (χ3n) is 2.70. The molecule has 2 heterocycles. The summed E-state index contributed by atoms with van der Waals surface area (Å²) in [5.41, 5.74) is 2.56. The number of nitrogens with zero attached hydrogens (tertiary/aromatic N) is 2. The number of fused-ring (bicyclic) bond motifs is 1. The highest BCUT2D eigenvalue weighted by molar-refractivity contribution is 5.16. The van der Waals surface area contributed by atoms with Crippen molar-refractivity contribution in [2.75, 3.05) is 20.3 Å². The van der Waals surface area contributed by atoms with Crippen LogP contribution < -0.4 is 5.32 Å². The van der Waals surface area contributed by atoms with Crippen molar-refractivity contribution in [1.29, 1.82) is 0 Å². The molecule has 2 rings (SSSR count). The van der Waals surface area contributed by atoms with Gasteiger partial charge in [0.05, 0.1) is 30.4 Å². The third kappa shape index (κ3) is 1.67. The van der Waals surface area contributed by atoms with Gasteiger partial charge in [0.15, 0.2) is 0 Å².